The van der Waals surface area contributed by atoms with Crippen molar-refractivity contribution in [2.45, 2.75) is 0 Å². The minimum atomic E-state index is 0.189. The Labute approximate surface area is 74.0 Å². The molecule has 2 heterocycles. The molecule has 0 aliphatic carbocycles. The summed E-state index contributed by atoms with van der Waals surface area (Å²) in [5, 5.41) is 19.6. The van der Waals surface area contributed by atoms with Crippen LogP contribution in [0.25, 0.3) is 11.0 Å². The first-order valence-electron chi connectivity index (χ1n) is 3.71. The van der Waals surface area contributed by atoms with Gasteiger partial charge in [0.2, 0.25) is 0 Å². The molecule has 2 rings (SSSR count). The van der Waals surface area contributed by atoms with Crippen LogP contribution >= 0.6 is 0 Å². The van der Waals surface area contributed by atoms with Gasteiger partial charge in [0, 0.05) is 5.39 Å². The first-order chi connectivity index (χ1) is 6.42. The predicted octanol–water partition coefficient (Wildman–Crippen LogP) is 1.16. The quantitative estimate of drug-likeness (QED) is 0.691. The van der Waals surface area contributed by atoms with Crippen LogP contribution in [-0.2, 0) is 0 Å². The van der Waals surface area contributed by atoms with E-state index < -0.39 is 0 Å². The van der Waals surface area contributed by atoms with Crippen LogP contribution < -0.4 is 5.32 Å². The van der Waals surface area contributed by atoms with E-state index in [2.05, 4.69) is 15.5 Å². The number of furan rings is 1. The summed E-state index contributed by atoms with van der Waals surface area (Å²) in [4.78, 5) is 0. The number of nitrogens with zero attached hydrogens (tertiary/aromatic N) is 3. The highest BCUT2D eigenvalue weighted by Crippen LogP contribution is 2.19. The van der Waals surface area contributed by atoms with Crippen LogP contribution in [0.4, 0.5) is 5.82 Å². The van der Waals surface area contributed by atoms with E-state index in [4.69, 9.17) is 9.68 Å². The number of fused-ring (bicyclic) bond motifs is 1. The van der Waals surface area contributed by atoms with E-state index in [0.717, 1.165) is 5.39 Å². The van der Waals surface area contributed by atoms with Gasteiger partial charge in [-0.2, -0.15) is 10.4 Å². The van der Waals surface area contributed by atoms with Gasteiger partial charge in [-0.1, -0.05) is 0 Å². The monoisotopic (exact) mass is 174 g/mol. The molecule has 0 aliphatic rings. The number of anilines is 1. The zero-order chi connectivity index (χ0) is 9.10. The Balaban J connectivity index is 2.44. The van der Waals surface area contributed by atoms with Gasteiger partial charge in [0.05, 0.1) is 18.5 Å². The summed E-state index contributed by atoms with van der Waals surface area (Å²) in [6.45, 7) is 0.189. The second-order valence-electron chi connectivity index (χ2n) is 2.41. The summed E-state index contributed by atoms with van der Waals surface area (Å²) in [5.41, 5.74) is 0.630. The van der Waals surface area contributed by atoms with Crippen molar-refractivity contribution in [2.24, 2.45) is 0 Å². The highest BCUT2D eigenvalue weighted by atomic mass is 16.3. The minimum absolute atomic E-state index is 0.189. The van der Waals surface area contributed by atoms with Gasteiger partial charge >= 0.3 is 0 Å². The second kappa shape index (κ2) is 3.11. The largest absolute Gasteiger partial charge is 0.460 e. The van der Waals surface area contributed by atoms with Crippen molar-refractivity contribution >= 4 is 16.8 Å². The molecule has 0 saturated heterocycles. The average molecular weight is 174 g/mol. The number of hydrogen-bond acceptors (Lipinski definition) is 5. The molecule has 0 aromatic carbocycles. The maximum atomic E-state index is 8.36. The molecule has 0 atom stereocenters. The van der Waals surface area contributed by atoms with Crippen molar-refractivity contribution < 1.29 is 4.42 Å². The number of rotatable bonds is 2. The minimum Gasteiger partial charge on any atom is -0.460 e. The summed E-state index contributed by atoms with van der Waals surface area (Å²) in [5.74, 6) is 0.504. The molecule has 0 fully saturated rings. The van der Waals surface area contributed by atoms with Gasteiger partial charge in [-0.05, 0) is 6.07 Å². The average Bonchev–Trinajstić information content (AvgIpc) is 2.62. The standard InChI is InChI=1S/C8H6N4O/c9-2-3-10-8-7-6(1-4-13-7)5-11-12-8/h1,4-5H,3H2,(H,10,12). The first kappa shape index (κ1) is 7.55. The Morgan fingerprint density at radius 1 is 1.62 bits per heavy atom. The number of hydrogen-bond donors (Lipinski definition) is 1. The van der Waals surface area contributed by atoms with Gasteiger partial charge in [-0.3, -0.25) is 0 Å². The fourth-order valence-corrected chi connectivity index (χ4v) is 1.05. The van der Waals surface area contributed by atoms with Crippen molar-refractivity contribution in [1.29, 1.82) is 5.26 Å². The molecule has 0 unspecified atom stereocenters. The summed E-state index contributed by atoms with van der Waals surface area (Å²) in [7, 11) is 0. The van der Waals surface area contributed by atoms with Gasteiger partial charge in [0.1, 0.15) is 6.54 Å². The third-order valence-electron chi connectivity index (χ3n) is 1.60. The Morgan fingerprint density at radius 2 is 2.54 bits per heavy atom. The highest BCUT2D eigenvalue weighted by molar-refractivity contribution is 5.85. The van der Waals surface area contributed by atoms with Crippen LogP contribution in [0.3, 0.4) is 0 Å². The van der Waals surface area contributed by atoms with E-state index in [1.807, 2.05) is 6.07 Å². The number of aromatic nitrogens is 2. The molecule has 0 aliphatic heterocycles. The lowest BCUT2D eigenvalue weighted by Gasteiger charge is -1.98. The van der Waals surface area contributed by atoms with Gasteiger partial charge in [-0.15, -0.1) is 5.10 Å². The Morgan fingerprint density at radius 3 is 3.38 bits per heavy atom. The Bertz CT molecular complexity index is 456. The van der Waals surface area contributed by atoms with Crippen molar-refractivity contribution in [2.75, 3.05) is 11.9 Å². The molecule has 1 N–H and O–H groups in total. The SMILES string of the molecule is N#CCNc1nncc2ccoc12. The Hall–Kier alpha value is -2.09. The fourth-order valence-electron chi connectivity index (χ4n) is 1.05. The third kappa shape index (κ3) is 1.29. The molecule has 13 heavy (non-hydrogen) atoms. The van der Waals surface area contributed by atoms with Crippen LogP contribution in [0.5, 0.6) is 0 Å². The third-order valence-corrected chi connectivity index (χ3v) is 1.60. The lowest BCUT2D eigenvalue weighted by molar-refractivity contribution is 0.614. The second-order valence-corrected chi connectivity index (χ2v) is 2.41. The van der Waals surface area contributed by atoms with Gasteiger partial charge < -0.3 is 9.73 Å². The molecule has 0 saturated carbocycles. The van der Waals surface area contributed by atoms with Crippen LogP contribution in [-0.4, -0.2) is 16.7 Å². The normalized spacial score (nSPS) is 9.77. The fraction of sp³-hybridized carbons (Fsp3) is 0.125. The van der Waals surface area contributed by atoms with Gasteiger partial charge in [0.15, 0.2) is 11.4 Å². The first-order valence-corrected chi connectivity index (χ1v) is 3.71. The van der Waals surface area contributed by atoms with Crippen LogP contribution in [0.1, 0.15) is 0 Å². The van der Waals surface area contributed by atoms with Crippen molar-refractivity contribution in [3.63, 3.8) is 0 Å². The molecule has 0 bridgehead atoms. The van der Waals surface area contributed by atoms with Crippen LogP contribution in [0.15, 0.2) is 22.9 Å². The van der Waals surface area contributed by atoms with E-state index >= 15 is 0 Å². The Kier molecular flexibility index (Phi) is 1.81. The summed E-state index contributed by atoms with van der Waals surface area (Å²) >= 11 is 0. The van der Waals surface area contributed by atoms with Crippen molar-refractivity contribution in [1.82, 2.24) is 10.2 Å². The smallest absolute Gasteiger partial charge is 0.193 e. The van der Waals surface area contributed by atoms with Crippen LogP contribution in [0.2, 0.25) is 0 Å². The molecule has 64 valence electrons. The van der Waals surface area contributed by atoms with E-state index in [-0.39, 0.29) is 6.54 Å². The molecule has 0 radical (unpaired) electrons. The van der Waals surface area contributed by atoms with Crippen LogP contribution in [0, 0.1) is 11.3 Å². The van der Waals surface area contributed by atoms with E-state index in [9.17, 15) is 0 Å². The summed E-state index contributed by atoms with van der Waals surface area (Å²) in [6, 6.07) is 3.75. The lowest BCUT2D eigenvalue weighted by atomic mass is 10.3. The van der Waals surface area contributed by atoms with E-state index in [0.29, 0.717) is 11.4 Å². The molecule has 5 nitrogen and oxygen atoms in total. The van der Waals surface area contributed by atoms with Crippen molar-refractivity contribution in [3.05, 3.63) is 18.5 Å². The lowest BCUT2D eigenvalue weighted by Crippen LogP contribution is -2.01. The predicted molar refractivity (Wildman–Crippen MR) is 45.9 cm³/mol. The van der Waals surface area contributed by atoms with E-state index in [1.54, 1.807) is 18.5 Å². The molecule has 0 spiro atoms. The van der Waals surface area contributed by atoms with Crippen molar-refractivity contribution in [3.8, 4) is 6.07 Å². The molecule has 5 heteroatoms. The molecule has 0 amide bonds. The molecular formula is C8H6N4O. The molecule has 2 aromatic heterocycles. The summed E-state index contributed by atoms with van der Waals surface area (Å²) in [6.07, 6.45) is 3.17. The molecule has 2 aromatic rings. The van der Waals surface area contributed by atoms with Gasteiger partial charge in [0.25, 0.3) is 0 Å². The van der Waals surface area contributed by atoms with E-state index in [1.165, 1.54) is 0 Å². The molecular weight excluding hydrogens is 168 g/mol. The highest BCUT2D eigenvalue weighted by Gasteiger charge is 2.04. The number of nitriles is 1. The number of nitrogens with one attached hydrogen (secondary N) is 1. The zero-order valence-corrected chi connectivity index (χ0v) is 6.69. The topological polar surface area (TPSA) is 74.7 Å². The summed E-state index contributed by atoms with van der Waals surface area (Å²) < 4.78 is 5.17. The maximum absolute atomic E-state index is 8.36. The maximum Gasteiger partial charge on any atom is 0.193 e. The van der Waals surface area contributed by atoms with Gasteiger partial charge in [-0.25, -0.2) is 0 Å². The zero-order valence-electron chi connectivity index (χ0n) is 6.69.